The summed E-state index contributed by atoms with van der Waals surface area (Å²) in [7, 11) is 0. The molecule has 3 aromatic rings. The van der Waals surface area contributed by atoms with E-state index >= 15 is 0 Å². The number of benzene rings is 3. The van der Waals surface area contributed by atoms with Crippen molar-refractivity contribution in [2.24, 2.45) is 0 Å². The second-order valence-corrected chi connectivity index (χ2v) is 7.54. The van der Waals surface area contributed by atoms with Gasteiger partial charge in [0, 0.05) is 18.1 Å². The lowest BCUT2D eigenvalue weighted by Crippen LogP contribution is -2.47. The maximum atomic E-state index is 13.2. The Bertz CT molecular complexity index is 1290. The molecule has 1 aliphatic heterocycles. The van der Waals surface area contributed by atoms with Gasteiger partial charge in [-0.15, -0.1) is 0 Å². The lowest BCUT2D eigenvalue weighted by Gasteiger charge is -2.24. The van der Waals surface area contributed by atoms with E-state index in [1.165, 1.54) is 12.1 Å². The molecule has 0 spiro atoms. The molecule has 0 aromatic heterocycles. The standard InChI is InChI=1S/C25H18N2O7/c28-21(17-10-5-2-6-11-17)15-34-25(31)20(14-16-8-3-1-4-9-16)26-23(29)18-12-7-13-19(27(32)33)22(18)24(26)30/h1-13,20H,14-15H2/t20-/m1/s1. The van der Waals surface area contributed by atoms with Crippen LogP contribution in [0.5, 0.6) is 0 Å². The third-order valence-corrected chi connectivity index (χ3v) is 5.42. The predicted molar refractivity (Wildman–Crippen MR) is 119 cm³/mol. The van der Waals surface area contributed by atoms with Gasteiger partial charge in [-0.05, 0) is 11.6 Å². The van der Waals surface area contributed by atoms with E-state index in [1.807, 2.05) is 0 Å². The molecule has 0 aliphatic carbocycles. The highest BCUT2D eigenvalue weighted by Crippen LogP contribution is 2.32. The van der Waals surface area contributed by atoms with Crippen molar-refractivity contribution in [3.8, 4) is 0 Å². The van der Waals surface area contributed by atoms with E-state index in [4.69, 9.17) is 4.74 Å². The van der Waals surface area contributed by atoms with Gasteiger partial charge in [0.15, 0.2) is 12.4 Å². The monoisotopic (exact) mass is 458 g/mol. The first-order valence-corrected chi connectivity index (χ1v) is 10.3. The molecular weight excluding hydrogens is 440 g/mol. The van der Waals surface area contributed by atoms with E-state index in [0.29, 0.717) is 16.0 Å². The predicted octanol–water partition coefficient (Wildman–Crippen LogP) is 3.23. The summed E-state index contributed by atoms with van der Waals surface area (Å²) < 4.78 is 5.21. The van der Waals surface area contributed by atoms with Gasteiger partial charge in [-0.1, -0.05) is 66.7 Å². The number of rotatable bonds is 8. The number of ether oxygens (including phenoxy) is 1. The van der Waals surface area contributed by atoms with Gasteiger partial charge < -0.3 is 4.74 Å². The maximum absolute atomic E-state index is 13.2. The highest BCUT2D eigenvalue weighted by atomic mass is 16.6. The average Bonchev–Trinajstić information content (AvgIpc) is 3.11. The van der Waals surface area contributed by atoms with Crippen LogP contribution in [0.4, 0.5) is 5.69 Å². The SMILES string of the molecule is O=C(COC(=O)[C@@H](Cc1ccccc1)N1C(=O)c2cccc([N+](=O)[O-])c2C1=O)c1ccccc1. The summed E-state index contributed by atoms with van der Waals surface area (Å²) in [5.74, 6) is -3.22. The number of nitro benzene ring substituents is 1. The summed E-state index contributed by atoms with van der Waals surface area (Å²) >= 11 is 0. The number of hydrogen-bond donors (Lipinski definition) is 0. The lowest BCUT2D eigenvalue weighted by molar-refractivity contribution is -0.385. The second kappa shape index (κ2) is 9.45. The molecule has 4 rings (SSSR count). The molecule has 9 heteroatoms. The molecule has 0 bridgehead atoms. The van der Waals surface area contributed by atoms with Crippen LogP contribution in [0.25, 0.3) is 0 Å². The molecule has 1 atom stereocenters. The van der Waals surface area contributed by atoms with Gasteiger partial charge in [0.1, 0.15) is 11.6 Å². The molecule has 3 aromatic carbocycles. The number of nitro groups is 1. The van der Waals surface area contributed by atoms with Gasteiger partial charge in [0.05, 0.1) is 10.5 Å². The Morgan fingerprint density at radius 2 is 1.53 bits per heavy atom. The van der Waals surface area contributed by atoms with Crippen LogP contribution in [0.2, 0.25) is 0 Å². The highest BCUT2D eigenvalue weighted by molar-refractivity contribution is 6.24. The topological polar surface area (TPSA) is 124 Å². The van der Waals surface area contributed by atoms with Crippen molar-refractivity contribution in [3.63, 3.8) is 0 Å². The van der Waals surface area contributed by atoms with E-state index in [-0.39, 0.29) is 17.5 Å². The van der Waals surface area contributed by atoms with Crippen molar-refractivity contribution in [1.29, 1.82) is 0 Å². The van der Waals surface area contributed by atoms with Crippen LogP contribution in [-0.4, -0.2) is 46.0 Å². The van der Waals surface area contributed by atoms with Gasteiger partial charge in [0.25, 0.3) is 17.5 Å². The van der Waals surface area contributed by atoms with Gasteiger partial charge >= 0.3 is 5.97 Å². The minimum atomic E-state index is -1.42. The Morgan fingerprint density at radius 3 is 2.18 bits per heavy atom. The molecule has 34 heavy (non-hydrogen) atoms. The molecule has 1 heterocycles. The summed E-state index contributed by atoms with van der Waals surface area (Å²) in [6.45, 7) is -0.586. The fourth-order valence-corrected chi connectivity index (χ4v) is 3.78. The van der Waals surface area contributed by atoms with Gasteiger partial charge in [-0.3, -0.25) is 29.4 Å². The van der Waals surface area contributed by atoms with E-state index in [0.717, 1.165) is 6.07 Å². The van der Waals surface area contributed by atoms with E-state index in [2.05, 4.69) is 0 Å². The number of fused-ring (bicyclic) bond motifs is 1. The number of ketones is 1. The van der Waals surface area contributed by atoms with Gasteiger partial charge in [0.2, 0.25) is 0 Å². The minimum absolute atomic E-state index is 0.0849. The Balaban J connectivity index is 1.64. The van der Waals surface area contributed by atoms with Crippen LogP contribution >= 0.6 is 0 Å². The van der Waals surface area contributed by atoms with Crippen LogP contribution in [0, 0.1) is 10.1 Å². The summed E-state index contributed by atoms with van der Waals surface area (Å²) in [6, 6.07) is 19.1. The number of esters is 1. The van der Waals surface area contributed by atoms with Crippen LogP contribution < -0.4 is 0 Å². The zero-order valence-corrected chi connectivity index (χ0v) is 17.7. The molecule has 9 nitrogen and oxygen atoms in total. The minimum Gasteiger partial charge on any atom is -0.456 e. The molecule has 0 radical (unpaired) electrons. The molecule has 0 saturated carbocycles. The molecule has 0 fully saturated rings. The van der Waals surface area contributed by atoms with Crippen molar-refractivity contribution in [2.75, 3.05) is 6.61 Å². The zero-order valence-electron chi connectivity index (χ0n) is 17.7. The van der Waals surface area contributed by atoms with Crippen LogP contribution in [-0.2, 0) is 16.0 Å². The van der Waals surface area contributed by atoms with E-state index < -0.39 is 46.8 Å². The van der Waals surface area contributed by atoms with Crippen molar-refractivity contribution < 1.29 is 28.8 Å². The molecule has 0 unspecified atom stereocenters. The lowest BCUT2D eigenvalue weighted by atomic mass is 10.0. The summed E-state index contributed by atoms with van der Waals surface area (Å²) in [4.78, 5) is 63.0. The van der Waals surface area contributed by atoms with E-state index in [1.54, 1.807) is 60.7 Å². The molecule has 2 amide bonds. The Labute approximate surface area is 193 Å². The van der Waals surface area contributed by atoms with Crippen molar-refractivity contribution >= 4 is 29.3 Å². The molecular formula is C25H18N2O7. The number of Topliss-reactive ketones (excluding diaryl/α,β-unsaturated/α-hetero) is 1. The largest absolute Gasteiger partial charge is 0.456 e. The maximum Gasteiger partial charge on any atom is 0.330 e. The fraction of sp³-hybridized carbons (Fsp3) is 0.120. The Morgan fingerprint density at radius 1 is 0.882 bits per heavy atom. The fourth-order valence-electron chi connectivity index (χ4n) is 3.78. The van der Waals surface area contributed by atoms with Crippen LogP contribution in [0.15, 0.2) is 78.9 Å². The molecule has 0 saturated heterocycles. The Hall–Kier alpha value is -4.66. The van der Waals surface area contributed by atoms with Gasteiger partial charge in [-0.25, -0.2) is 4.79 Å². The number of imide groups is 1. The first-order valence-electron chi connectivity index (χ1n) is 10.3. The third kappa shape index (κ3) is 4.31. The summed E-state index contributed by atoms with van der Waals surface area (Å²) in [6.07, 6.45) is -0.0849. The van der Waals surface area contributed by atoms with Crippen LogP contribution in [0.3, 0.4) is 0 Å². The summed E-state index contributed by atoms with van der Waals surface area (Å²) in [5, 5.41) is 11.4. The van der Waals surface area contributed by atoms with Crippen LogP contribution in [0.1, 0.15) is 36.6 Å². The average molecular weight is 458 g/mol. The second-order valence-electron chi connectivity index (χ2n) is 7.54. The zero-order chi connectivity index (χ0) is 24.2. The van der Waals surface area contributed by atoms with Crippen molar-refractivity contribution in [3.05, 3.63) is 111 Å². The number of hydrogen-bond acceptors (Lipinski definition) is 7. The normalized spacial score (nSPS) is 13.4. The summed E-state index contributed by atoms with van der Waals surface area (Å²) in [5.41, 5.74) is -0.0882. The first kappa shape index (κ1) is 22.5. The smallest absolute Gasteiger partial charge is 0.330 e. The first-order chi connectivity index (χ1) is 16.4. The molecule has 1 aliphatic rings. The third-order valence-electron chi connectivity index (χ3n) is 5.42. The van der Waals surface area contributed by atoms with Crippen molar-refractivity contribution in [1.82, 2.24) is 4.90 Å². The number of nitrogens with zero attached hydrogens (tertiary/aromatic N) is 2. The molecule has 0 N–H and O–H groups in total. The van der Waals surface area contributed by atoms with E-state index in [9.17, 15) is 29.3 Å². The highest BCUT2D eigenvalue weighted by Gasteiger charge is 2.47. The number of carbonyl (C=O) groups excluding carboxylic acids is 4. The Kier molecular flexibility index (Phi) is 6.26. The number of amides is 2. The number of carbonyl (C=O) groups is 4. The van der Waals surface area contributed by atoms with Crippen molar-refractivity contribution in [2.45, 2.75) is 12.5 Å². The quantitative estimate of drug-likeness (QED) is 0.167. The molecule has 170 valence electrons. The van der Waals surface area contributed by atoms with Gasteiger partial charge in [-0.2, -0.15) is 0 Å².